The first-order chi connectivity index (χ1) is 6.70. The van der Waals surface area contributed by atoms with Gasteiger partial charge in [0, 0.05) is 6.42 Å². The van der Waals surface area contributed by atoms with Crippen molar-refractivity contribution in [2.45, 2.75) is 26.4 Å². The number of hydrogen-bond acceptors (Lipinski definition) is 3. The average Bonchev–Trinajstić information content (AvgIpc) is 2.55. The number of rotatable bonds is 1. The molecule has 1 heterocycles. The molecule has 1 aliphatic heterocycles. The van der Waals surface area contributed by atoms with Crippen LogP contribution >= 0.6 is 0 Å². The molecule has 3 heteroatoms. The van der Waals surface area contributed by atoms with Gasteiger partial charge in [-0.15, -0.1) is 0 Å². The molecule has 0 saturated heterocycles. The lowest BCUT2D eigenvalue weighted by molar-refractivity contribution is 0.254. The van der Waals surface area contributed by atoms with Crippen molar-refractivity contribution in [1.29, 1.82) is 0 Å². The summed E-state index contributed by atoms with van der Waals surface area (Å²) < 4.78 is 5.57. The second kappa shape index (κ2) is 3.33. The third-order valence-electron chi connectivity index (χ3n) is 2.46. The van der Waals surface area contributed by atoms with Crippen LogP contribution in [0.2, 0.25) is 0 Å². The zero-order chi connectivity index (χ0) is 10.1. The second-order valence-corrected chi connectivity index (χ2v) is 3.64. The van der Waals surface area contributed by atoms with Crippen LogP contribution in [0.15, 0.2) is 23.4 Å². The molecular weight excluding hydrogens is 178 g/mol. The van der Waals surface area contributed by atoms with Gasteiger partial charge in [-0.3, -0.25) is 0 Å². The molecule has 0 radical (unpaired) electrons. The van der Waals surface area contributed by atoms with Gasteiger partial charge in [-0.25, -0.2) is 0 Å². The average molecular weight is 191 g/mol. The van der Waals surface area contributed by atoms with Crippen LogP contribution in [0.5, 0.6) is 5.75 Å². The highest BCUT2D eigenvalue weighted by atomic mass is 16.5. The maximum Gasteiger partial charge on any atom is 0.123 e. The standard InChI is InChI=1S/C11H13NO2/c1-7-5-10-6-9(8(2)12-13)3-4-11(10)14-7/h3-4,6-7,13H,5H2,1-2H3. The van der Waals surface area contributed by atoms with E-state index in [1.54, 1.807) is 6.92 Å². The first-order valence-electron chi connectivity index (χ1n) is 4.69. The van der Waals surface area contributed by atoms with E-state index in [-0.39, 0.29) is 6.10 Å². The largest absolute Gasteiger partial charge is 0.490 e. The van der Waals surface area contributed by atoms with Crippen molar-refractivity contribution in [2.75, 3.05) is 0 Å². The summed E-state index contributed by atoms with van der Waals surface area (Å²) in [6, 6.07) is 5.86. The Hall–Kier alpha value is -1.51. The monoisotopic (exact) mass is 191 g/mol. The van der Waals surface area contributed by atoms with Crippen molar-refractivity contribution in [3.8, 4) is 5.75 Å². The van der Waals surface area contributed by atoms with E-state index in [9.17, 15) is 0 Å². The molecular formula is C11H13NO2. The minimum absolute atomic E-state index is 0.256. The van der Waals surface area contributed by atoms with E-state index >= 15 is 0 Å². The summed E-state index contributed by atoms with van der Waals surface area (Å²) in [5, 5.41) is 11.8. The van der Waals surface area contributed by atoms with Gasteiger partial charge in [0.05, 0.1) is 5.71 Å². The van der Waals surface area contributed by atoms with Gasteiger partial charge in [-0.05, 0) is 43.2 Å². The molecule has 2 rings (SSSR count). The summed E-state index contributed by atoms with van der Waals surface area (Å²) in [5.41, 5.74) is 2.77. The molecule has 1 aliphatic rings. The Morgan fingerprint density at radius 1 is 1.57 bits per heavy atom. The summed E-state index contributed by atoms with van der Waals surface area (Å²) in [7, 11) is 0. The summed E-state index contributed by atoms with van der Waals surface area (Å²) in [6.45, 7) is 3.83. The highest BCUT2D eigenvalue weighted by molar-refractivity contribution is 5.98. The van der Waals surface area contributed by atoms with E-state index in [1.807, 2.05) is 25.1 Å². The SMILES string of the molecule is CC(=NO)c1ccc2c(c1)CC(C)O2. The molecule has 0 amide bonds. The Morgan fingerprint density at radius 2 is 2.36 bits per heavy atom. The summed E-state index contributed by atoms with van der Waals surface area (Å²) in [6.07, 6.45) is 1.19. The van der Waals surface area contributed by atoms with Gasteiger partial charge >= 0.3 is 0 Å². The molecule has 0 aromatic heterocycles. The lowest BCUT2D eigenvalue weighted by Crippen LogP contribution is -2.05. The zero-order valence-corrected chi connectivity index (χ0v) is 8.32. The van der Waals surface area contributed by atoms with E-state index in [0.717, 1.165) is 17.7 Å². The molecule has 74 valence electrons. The number of hydrogen-bond donors (Lipinski definition) is 1. The third kappa shape index (κ3) is 1.45. The minimum Gasteiger partial charge on any atom is -0.490 e. The molecule has 0 fully saturated rings. The second-order valence-electron chi connectivity index (χ2n) is 3.64. The molecule has 0 spiro atoms. The van der Waals surface area contributed by atoms with Gasteiger partial charge in [-0.1, -0.05) is 5.16 Å². The fourth-order valence-corrected chi connectivity index (χ4v) is 1.70. The molecule has 0 aliphatic carbocycles. The first kappa shape index (κ1) is 9.06. The quantitative estimate of drug-likeness (QED) is 0.420. The van der Waals surface area contributed by atoms with Gasteiger partial charge in [-0.2, -0.15) is 0 Å². The fourth-order valence-electron chi connectivity index (χ4n) is 1.70. The number of ether oxygens (including phenoxy) is 1. The first-order valence-corrected chi connectivity index (χ1v) is 4.69. The van der Waals surface area contributed by atoms with E-state index in [4.69, 9.17) is 9.94 Å². The highest BCUT2D eigenvalue weighted by Gasteiger charge is 2.19. The molecule has 0 bridgehead atoms. The Kier molecular flexibility index (Phi) is 2.15. The number of benzene rings is 1. The van der Waals surface area contributed by atoms with Gasteiger partial charge < -0.3 is 9.94 Å². The Bertz CT molecular complexity index is 385. The molecule has 1 N–H and O–H groups in total. The maximum atomic E-state index is 8.65. The maximum absolute atomic E-state index is 8.65. The van der Waals surface area contributed by atoms with E-state index in [0.29, 0.717) is 5.71 Å². The number of nitrogens with zero attached hydrogens (tertiary/aromatic N) is 1. The topological polar surface area (TPSA) is 41.8 Å². The summed E-state index contributed by atoms with van der Waals surface area (Å²) in [4.78, 5) is 0. The van der Waals surface area contributed by atoms with Crippen molar-refractivity contribution in [2.24, 2.45) is 5.16 Å². The summed E-state index contributed by atoms with van der Waals surface area (Å²) in [5.74, 6) is 0.951. The molecule has 3 nitrogen and oxygen atoms in total. The van der Waals surface area contributed by atoms with Crippen molar-refractivity contribution in [3.05, 3.63) is 29.3 Å². The van der Waals surface area contributed by atoms with E-state index in [1.165, 1.54) is 5.56 Å². The fraction of sp³-hybridized carbons (Fsp3) is 0.364. The van der Waals surface area contributed by atoms with Crippen LogP contribution in [0.3, 0.4) is 0 Å². The predicted octanol–water partition coefficient (Wildman–Crippen LogP) is 2.21. The van der Waals surface area contributed by atoms with Gasteiger partial charge in [0.15, 0.2) is 0 Å². The Balaban J connectivity index is 2.38. The van der Waals surface area contributed by atoms with Crippen LogP contribution in [0.1, 0.15) is 25.0 Å². The van der Waals surface area contributed by atoms with Gasteiger partial charge in [0.2, 0.25) is 0 Å². The van der Waals surface area contributed by atoms with Gasteiger partial charge in [0.1, 0.15) is 11.9 Å². The van der Waals surface area contributed by atoms with E-state index < -0.39 is 0 Å². The lowest BCUT2D eigenvalue weighted by Gasteiger charge is -2.02. The Morgan fingerprint density at radius 3 is 3.07 bits per heavy atom. The zero-order valence-electron chi connectivity index (χ0n) is 8.32. The third-order valence-corrected chi connectivity index (χ3v) is 2.46. The Labute approximate surface area is 83.0 Å². The molecule has 1 unspecified atom stereocenters. The van der Waals surface area contributed by atoms with Crippen molar-refractivity contribution < 1.29 is 9.94 Å². The number of fused-ring (bicyclic) bond motifs is 1. The molecule has 0 saturated carbocycles. The number of oxime groups is 1. The van der Waals surface area contributed by atoms with Crippen LogP contribution in [0.4, 0.5) is 0 Å². The molecule has 1 aromatic rings. The highest BCUT2D eigenvalue weighted by Crippen LogP contribution is 2.29. The van der Waals surface area contributed by atoms with Crippen LogP contribution in [-0.4, -0.2) is 17.0 Å². The minimum atomic E-state index is 0.256. The molecule has 1 aromatic carbocycles. The van der Waals surface area contributed by atoms with Crippen LogP contribution in [0.25, 0.3) is 0 Å². The lowest BCUT2D eigenvalue weighted by atomic mass is 10.0. The van der Waals surface area contributed by atoms with Crippen LogP contribution < -0.4 is 4.74 Å². The predicted molar refractivity (Wildman–Crippen MR) is 54.2 cm³/mol. The smallest absolute Gasteiger partial charge is 0.123 e. The van der Waals surface area contributed by atoms with Gasteiger partial charge in [0.25, 0.3) is 0 Å². The van der Waals surface area contributed by atoms with E-state index in [2.05, 4.69) is 5.16 Å². The normalized spacial score (nSPS) is 20.4. The molecule has 1 atom stereocenters. The summed E-state index contributed by atoms with van der Waals surface area (Å²) >= 11 is 0. The van der Waals surface area contributed by atoms with Crippen molar-refractivity contribution in [3.63, 3.8) is 0 Å². The molecule has 14 heavy (non-hydrogen) atoms. The van der Waals surface area contributed by atoms with Crippen LogP contribution in [-0.2, 0) is 6.42 Å². The van der Waals surface area contributed by atoms with Crippen LogP contribution in [0, 0.1) is 0 Å². The van der Waals surface area contributed by atoms with Crippen molar-refractivity contribution >= 4 is 5.71 Å². The van der Waals surface area contributed by atoms with Crippen molar-refractivity contribution in [1.82, 2.24) is 0 Å².